The van der Waals surface area contributed by atoms with Gasteiger partial charge in [-0.3, -0.25) is 0 Å². The van der Waals surface area contributed by atoms with Gasteiger partial charge in [0.2, 0.25) is 5.92 Å². The van der Waals surface area contributed by atoms with Crippen LogP contribution < -0.4 is 5.32 Å². The van der Waals surface area contributed by atoms with Crippen molar-refractivity contribution in [2.75, 3.05) is 5.32 Å². The van der Waals surface area contributed by atoms with Crippen molar-refractivity contribution in [2.45, 2.75) is 50.7 Å². The Hall–Kier alpha value is -2.87. The number of benzene rings is 1. The van der Waals surface area contributed by atoms with E-state index >= 15 is 0 Å². The van der Waals surface area contributed by atoms with E-state index in [1.54, 1.807) is 12.3 Å². The normalized spacial score (nSPS) is 17.8. The Balaban J connectivity index is 1.65. The number of aliphatic hydroxyl groups is 1. The zero-order chi connectivity index (χ0) is 20.4. The van der Waals surface area contributed by atoms with Crippen molar-refractivity contribution >= 4 is 5.82 Å². The van der Waals surface area contributed by atoms with E-state index in [0.29, 0.717) is 35.9 Å². The van der Waals surface area contributed by atoms with Gasteiger partial charge in [-0.2, -0.15) is 10.1 Å². The van der Waals surface area contributed by atoms with Crippen molar-refractivity contribution in [1.82, 2.24) is 19.7 Å². The highest BCUT2D eigenvalue weighted by atomic mass is 19.3. The fraction of sp³-hybridized carbons (Fsp3) is 0.381. The Labute approximate surface area is 167 Å². The quantitative estimate of drug-likeness (QED) is 0.677. The van der Waals surface area contributed by atoms with E-state index < -0.39 is 12.0 Å². The minimum atomic E-state index is -2.59. The van der Waals surface area contributed by atoms with Crippen LogP contribution in [-0.4, -0.2) is 36.8 Å². The van der Waals surface area contributed by atoms with Crippen molar-refractivity contribution in [3.63, 3.8) is 0 Å². The van der Waals surface area contributed by atoms with Gasteiger partial charge >= 0.3 is 0 Å². The third-order valence-electron chi connectivity index (χ3n) is 5.13. The van der Waals surface area contributed by atoms with Gasteiger partial charge < -0.3 is 10.4 Å². The number of aromatic nitrogens is 4. The third-order valence-corrected chi connectivity index (χ3v) is 5.13. The van der Waals surface area contributed by atoms with Crippen LogP contribution in [0.25, 0.3) is 5.95 Å². The molecule has 0 saturated heterocycles. The molecule has 1 unspecified atom stereocenters. The Morgan fingerprint density at radius 3 is 2.52 bits per heavy atom. The van der Waals surface area contributed by atoms with Crippen LogP contribution in [0.15, 0.2) is 48.7 Å². The largest absolute Gasteiger partial charge is 0.382 e. The van der Waals surface area contributed by atoms with Crippen LogP contribution in [0, 0.1) is 6.92 Å². The van der Waals surface area contributed by atoms with Gasteiger partial charge in [0.05, 0.1) is 11.4 Å². The number of nitrogens with zero attached hydrogens (tertiary/aromatic N) is 4. The molecule has 29 heavy (non-hydrogen) atoms. The summed E-state index contributed by atoms with van der Waals surface area (Å²) in [4.78, 5) is 8.99. The van der Waals surface area contributed by atoms with E-state index in [1.807, 2.05) is 43.3 Å². The van der Waals surface area contributed by atoms with Crippen LogP contribution >= 0.6 is 0 Å². The maximum atomic E-state index is 13.5. The molecule has 1 saturated carbocycles. The third kappa shape index (κ3) is 4.59. The molecule has 0 amide bonds. The van der Waals surface area contributed by atoms with Crippen molar-refractivity contribution in [3.05, 3.63) is 65.6 Å². The topological polar surface area (TPSA) is 75.9 Å². The minimum Gasteiger partial charge on any atom is -0.382 e. The highest BCUT2D eigenvalue weighted by Crippen LogP contribution is 2.34. The number of aliphatic hydroxyl groups excluding tert-OH is 1. The molecule has 8 heteroatoms. The molecule has 0 bridgehead atoms. The molecule has 4 rings (SSSR count). The van der Waals surface area contributed by atoms with Gasteiger partial charge in [-0.05, 0) is 31.4 Å². The molecular weight excluding hydrogens is 376 g/mol. The molecule has 1 aromatic carbocycles. The van der Waals surface area contributed by atoms with Gasteiger partial charge in [0.1, 0.15) is 11.9 Å². The van der Waals surface area contributed by atoms with Gasteiger partial charge in [0.15, 0.2) is 0 Å². The standard InChI is InChI=1S/C21H23F2N5O/c1-14-9-12-28(27-14)20-25-17(19(29)15-5-3-2-4-6-15)13-18(26-20)24-16-7-10-21(22,23)11-8-16/h2-6,9,12-13,16,19,29H,7-8,10-11H2,1H3,(H,24,25,26). The van der Waals surface area contributed by atoms with Crippen molar-refractivity contribution in [2.24, 2.45) is 0 Å². The first-order valence-electron chi connectivity index (χ1n) is 9.69. The van der Waals surface area contributed by atoms with E-state index in [2.05, 4.69) is 20.4 Å². The zero-order valence-corrected chi connectivity index (χ0v) is 16.1. The van der Waals surface area contributed by atoms with Crippen molar-refractivity contribution in [3.8, 4) is 5.95 Å². The highest BCUT2D eigenvalue weighted by molar-refractivity contribution is 5.42. The summed E-state index contributed by atoms with van der Waals surface area (Å²) in [6.45, 7) is 1.86. The molecular formula is C21H23F2N5O. The molecule has 152 valence electrons. The molecule has 3 aromatic rings. The smallest absolute Gasteiger partial charge is 0.252 e. The monoisotopic (exact) mass is 399 g/mol. The Kier molecular flexibility index (Phi) is 5.27. The molecule has 1 atom stereocenters. The second-order valence-electron chi connectivity index (χ2n) is 7.47. The molecule has 1 aliphatic carbocycles. The maximum Gasteiger partial charge on any atom is 0.252 e. The van der Waals surface area contributed by atoms with Crippen LogP contribution in [-0.2, 0) is 0 Å². The summed E-state index contributed by atoms with van der Waals surface area (Å²) in [5, 5.41) is 18.4. The fourth-order valence-electron chi connectivity index (χ4n) is 3.50. The maximum absolute atomic E-state index is 13.5. The number of aryl methyl sites for hydroxylation is 1. The second-order valence-corrected chi connectivity index (χ2v) is 7.47. The van der Waals surface area contributed by atoms with Gasteiger partial charge in [0, 0.05) is 31.1 Å². The van der Waals surface area contributed by atoms with E-state index in [4.69, 9.17) is 0 Å². The fourth-order valence-corrected chi connectivity index (χ4v) is 3.50. The molecule has 6 nitrogen and oxygen atoms in total. The average Bonchev–Trinajstić information content (AvgIpc) is 3.16. The van der Waals surface area contributed by atoms with Crippen LogP contribution in [0.1, 0.15) is 48.7 Å². The first kappa shape index (κ1) is 19.4. The Morgan fingerprint density at radius 1 is 1.14 bits per heavy atom. The van der Waals surface area contributed by atoms with E-state index in [9.17, 15) is 13.9 Å². The Morgan fingerprint density at radius 2 is 1.86 bits per heavy atom. The van der Waals surface area contributed by atoms with E-state index in [0.717, 1.165) is 5.69 Å². The van der Waals surface area contributed by atoms with Crippen LogP contribution in [0.2, 0.25) is 0 Å². The molecule has 2 heterocycles. The second kappa shape index (κ2) is 7.87. The predicted octanol–water partition coefficient (Wildman–Crippen LogP) is 4.04. The molecule has 2 aromatic heterocycles. The van der Waals surface area contributed by atoms with Crippen molar-refractivity contribution in [1.29, 1.82) is 0 Å². The van der Waals surface area contributed by atoms with Gasteiger partial charge in [-0.1, -0.05) is 30.3 Å². The summed E-state index contributed by atoms with van der Waals surface area (Å²) in [6, 6.07) is 12.6. The predicted molar refractivity (Wildman–Crippen MR) is 105 cm³/mol. The highest BCUT2D eigenvalue weighted by Gasteiger charge is 2.35. The lowest BCUT2D eigenvalue weighted by atomic mass is 9.92. The number of nitrogens with one attached hydrogen (secondary N) is 1. The molecule has 2 N–H and O–H groups in total. The first-order valence-corrected chi connectivity index (χ1v) is 9.69. The summed E-state index contributed by atoms with van der Waals surface area (Å²) < 4.78 is 28.5. The molecule has 0 radical (unpaired) electrons. The molecule has 0 aliphatic heterocycles. The molecule has 0 spiro atoms. The molecule has 1 fully saturated rings. The summed E-state index contributed by atoms with van der Waals surface area (Å²) in [5.41, 5.74) is 1.93. The number of hydrogen-bond acceptors (Lipinski definition) is 5. The summed E-state index contributed by atoms with van der Waals surface area (Å²) >= 11 is 0. The lowest BCUT2D eigenvalue weighted by Crippen LogP contribution is -2.32. The minimum absolute atomic E-state index is 0.0987. The summed E-state index contributed by atoms with van der Waals surface area (Å²) in [6.07, 6.45) is 1.26. The van der Waals surface area contributed by atoms with Gasteiger partial charge in [-0.15, -0.1) is 0 Å². The number of hydrogen-bond donors (Lipinski definition) is 2. The van der Waals surface area contributed by atoms with Gasteiger partial charge in [0.25, 0.3) is 5.95 Å². The van der Waals surface area contributed by atoms with E-state index in [-0.39, 0.29) is 18.9 Å². The Bertz CT molecular complexity index is 966. The number of anilines is 1. The molecule has 1 aliphatic rings. The SMILES string of the molecule is Cc1ccn(-c2nc(NC3CCC(F)(F)CC3)cc(C(O)c3ccccc3)n2)n1. The number of alkyl halides is 2. The summed E-state index contributed by atoms with van der Waals surface area (Å²) in [7, 11) is 0. The average molecular weight is 399 g/mol. The lowest BCUT2D eigenvalue weighted by molar-refractivity contribution is -0.0361. The first-order chi connectivity index (χ1) is 13.9. The van der Waals surface area contributed by atoms with Crippen LogP contribution in [0.5, 0.6) is 0 Å². The van der Waals surface area contributed by atoms with E-state index in [1.165, 1.54) is 4.68 Å². The van der Waals surface area contributed by atoms with Crippen LogP contribution in [0.4, 0.5) is 14.6 Å². The van der Waals surface area contributed by atoms with Crippen molar-refractivity contribution < 1.29 is 13.9 Å². The summed E-state index contributed by atoms with van der Waals surface area (Å²) in [5.74, 6) is -1.78. The lowest BCUT2D eigenvalue weighted by Gasteiger charge is -2.29. The number of halogens is 2. The zero-order valence-electron chi connectivity index (χ0n) is 16.1. The van der Waals surface area contributed by atoms with Crippen LogP contribution in [0.3, 0.4) is 0 Å². The number of rotatable bonds is 5. The van der Waals surface area contributed by atoms with Gasteiger partial charge in [-0.25, -0.2) is 18.4 Å².